The molecular formula is C16H13ClO2. The van der Waals surface area contributed by atoms with Gasteiger partial charge in [-0.15, -0.1) is 0 Å². The van der Waals surface area contributed by atoms with Crippen molar-refractivity contribution >= 4 is 22.6 Å². The van der Waals surface area contributed by atoms with E-state index in [0.717, 1.165) is 5.56 Å². The summed E-state index contributed by atoms with van der Waals surface area (Å²) in [5.74, 6) is 0.000528. The Kier molecular flexibility index (Phi) is 4.48. The van der Waals surface area contributed by atoms with Crippen molar-refractivity contribution in [1.82, 2.24) is 0 Å². The zero-order valence-electron chi connectivity index (χ0n) is 10.3. The van der Waals surface area contributed by atoms with Crippen molar-refractivity contribution in [2.75, 3.05) is 0 Å². The molecule has 96 valence electrons. The first-order chi connectivity index (χ1) is 9.16. The molecule has 0 spiro atoms. The highest BCUT2D eigenvalue weighted by molar-refractivity contribution is 6.63. The van der Waals surface area contributed by atoms with Gasteiger partial charge in [0.15, 0.2) is 5.78 Å². The van der Waals surface area contributed by atoms with E-state index in [0.29, 0.717) is 24.0 Å². The highest BCUT2D eigenvalue weighted by Gasteiger charge is 2.08. The Morgan fingerprint density at radius 1 is 0.842 bits per heavy atom. The van der Waals surface area contributed by atoms with E-state index in [-0.39, 0.29) is 11.0 Å². The fourth-order valence-electron chi connectivity index (χ4n) is 1.82. The van der Waals surface area contributed by atoms with Crippen molar-refractivity contribution in [1.29, 1.82) is 0 Å². The van der Waals surface area contributed by atoms with Gasteiger partial charge in [-0.25, -0.2) is 0 Å². The second-order valence-electron chi connectivity index (χ2n) is 4.25. The number of rotatable bonds is 5. The molecule has 0 saturated heterocycles. The largest absolute Gasteiger partial charge is 0.289 e. The van der Waals surface area contributed by atoms with Crippen molar-refractivity contribution < 1.29 is 9.59 Å². The van der Waals surface area contributed by atoms with Crippen LogP contribution in [0.25, 0.3) is 0 Å². The van der Waals surface area contributed by atoms with Gasteiger partial charge in [-0.2, -0.15) is 0 Å². The lowest BCUT2D eigenvalue weighted by Gasteiger charge is -2.03. The maximum atomic E-state index is 12.1. The van der Waals surface area contributed by atoms with Crippen LogP contribution < -0.4 is 0 Å². The van der Waals surface area contributed by atoms with Gasteiger partial charge in [-0.05, 0) is 23.6 Å². The van der Waals surface area contributed by atoms with Gasteiger partial charge < -0.3 is 0 Å². The molecule has 19 heavy (non-hydrogen) atoms. The standard InChI is InChI=1S/C16H13ClO2/c17-15(18)11-8-12-6-9-14(10-7-12)16(19)13-4-2-1-3-5-13/h1-7,9-10H,8,11H2. The molecule has 0 unspecified atom stereocenters. The predicted octanol–water partition coefficient (Wildman–Crippen LogP) is 3.62. The van der Waals surface area contributed by atoms with Crippen LogP contribution >= 0.6 is 11.6 Å². The summed E-state index contributed by atoms with van der Waals surface area (Å²) in [5.41, 5.74) is 2.32. The smallest absolute Gasteiger partial charge is 0.221 e. The molecule has 0 aromatic heterocycles. The van der Waals surface area contributed by atoms with Crippen molar-refractivity contribution in [3.8, 4) is 0 Å². The summed E-state index contributed by atoms with van der Waals surface area (Å²) in [6, 6.07) is 16.4. The Bertz CT molecular complexity index is 573. The highest BCUT2D eigenvalue weighted by Crippen LogP contribution is 2.12. The summed E-state index contributed by atoms with van der Waals surface area (Å²) < 4.78 is 0. The molecule has 2 aromatic rings. The monoisotopic (exact) mass is 272 g/mol. The van der Waals surface area contributed by atoms with Crippen LogP contribution in [-0.2, 0) is 11.2 Å². The summed E-state index contributed by atoms with van der Waals surface area (Å²) in [7, 11) is 0. The summed E-state index contributed by atoms with van der Waals surface area (Å²) in [4.78, 5) is 22.8. The molecule has 0 aliphatic heterocycles. The molecule has 0 fully saturated rings. The fourth-order valence-corrected chi connectivity index (χ4v) is 1.92. The third-order valence-corrected chi connectivity index (χ3v) is 3.05. The molecule has 0 aliphatic rings. The number of ketones is 1. The van der Waals surface area contributed by atoms with Gasteiger partial charge in [-0.3, -0.25) is 9.59 Å². The van der Waals surface area contributed by atoms with Crippen molar-refractivity contribution in [2.24, 2.45) is 0 Å². The summed E-state index contributed by atoms with van der Waals surface area (Å²) in [6.07, 6.45) is 0.912. The van der Waals surface area contributed by atoms with Crippen LogP contribution in [-0.4, -0.2) is 11.0 Å². The van der Waals surface area contributed by atoms with Gasteiger partial charge in [0.1, 0.15) is 0 Å². The van der Waals surface area contributed by atoms with Crippen LogP contribution in [0.1, 0.15) is 27.9 Å². The number of carbonyl (C=O) groups excluding carboxylic acids is 2. The van der Waals surface area contributed by atoms with E-state index < -0.39 is 0 Å². The molecule has 0 saturated carbocycles. The van der Waals surface area contributed by atoms with Crippen LogP contribution in [0.15, 0.2) is 54.6 Å². The Morgan fingerprint density at radius 2 is 1.42 bits per heavy atom. The van der Waals surface area contributed by atoms with E-state index in [2.05, 4.69) is 0 Å². The number of hydrogen-bond acceptors (Lipinski definition) is 2. The van der Waals surface area contributed by atoms with E-state index >= 15 is 0 Å². The number of hydrogen-bond donors (Lipinski definition) is 0. The van der Waals surface area contributed by atoms with Gasteiger partial charge in [0.25, 0.3) is 0 Å². The molecule has 0 bridgehead atoms. The summed E-state index contributed by atoms with van der Waals surface area (Å²) in [5, 5.41) is -0.343. The minimum absolute atomic E-state index is 0.000528. The second-order valence-corrected chi connectivity index (χ2v) is 4.67. The van der Waals surface area contributed by atoms with E-state index in [1.165, 1.54) is 0 Å². The van der Waals surface area contributed by atoms with Crippen LogP contribution in [0.4, 0.5) is 0 Å². The van der Waals surface area contributed by atoms with E-state index in [1.54, 1.807) is 24.3 Å². The van der Waals surface area contributed by atoms with Crippen molar-refractivity contribution in [3.05, 3.63) is 71.3 Å². The number of halogens is 1. The molecule has 2 aromatic carbocycles. The molecule has 0 aliphatic carbocycles. The molecule has 0 atom stereocenters. The SMILES string of the molecule is O=C(Cl)CCc1ccc(C(=O)c2ccccc2)cc1. The van der Waals surface area contributed by atoms with Gasteiger partial charge >= 0.3 is 0 Å². The Morgan fingerprint density at radius 3 is 2.00 bits per heavy atom. The quantitative estimate of drug-likeness (QED) is 0.615. The van der Waals surface area contributed by atoms with E-state index in [4.69, 9.17) is 11.6 Å². The lowest BCUT2D eigenvalue weighted by Crippen LogP contribution is -2.01. The zero-order valence-corrected chi connectivity index (χ0v) is 11.1. The molecule has 2 nitrogen and oxygen atoms in total. The Labute approximate surface area is 117 Å². The Hall–Kier alpha value is -1.93. The van der Waals surface area contributed by atoms with Crippen LogP contribution in [0.2, 0.25) is 0 Å². The third kappa shape index (κ3) is 3.76. The molecule has 3 heteroatoms. The topological polar surface area (TPSA) is 34.1 Å². The number of aryl methyl sites for hydroxylation is 1. The minimum atomic E-state index is -0.343. The van der Waals surface area contributed by atoms with Gasteiger partial charge in [0.05, 0.1) is 0 Å². The average molecular weight is 273 g/mol. The van der Waals surface area contributed by atoms with Gasteiger partial charge in [-0.1, -0.05) is 54.6 Å². The van der Waals surface area contributed by atoms with Crippen LogP contribution in [0, 0.1) is 0 Å². The molecule has 0 N–H and O–H groups in total. The Balaban J connectivity index is 2.10. The van der Waals surface area contributed by atoms with E-state index in [1.807, 2.05) is 30.3 Å². The maximum absolute atomic E-state index is 12.1. The van der Waals surface area contributed by atoms with Crippen LogP contribution in [0.5, 0.6) is 0 Å². The molecule has 0 radical (unpaired) electrons. The van der Waals surface area contributed by atoms with Crippen molar-refractivity contribution in [2.45, 2.75) is 12.8 Å². The normalized spacial score (nSPS) is 10.2. The molecule has 0 amide bonds. The lowest BCUT2D eigenvalue weighted by molar-refractivity contribution is -0.111. The molecule has 2 rings (SSSR count). The fraction of sp³-hybridized carbons (Fsp3) is 0.125. The first-order valence-corrected chi connectivity index (χ1v) is 6.41. The first kappa shape index (κ1) is 13.5. The minimum Gasteiger partial charge on any atom is -0.289 e. The van der Waals surface area contributed by atoms with Crippen LogP contribution in [0.3, 0.4) is 0 Å². The first-order valence-electron chi connectivity index (χ1n) is 6.04. The molecule has 0 heterocycles. The van der Waals surface area contributed by atoms with Gasteiger partial charge in [0, 0.05) is 17.5 Å². The van der Waals surface area contributed by atoms with Gasteiger partial charge in [0.2, 0.25) is 5.24 Å². The average Bonchev–Trinajstić information content (AvgIpc) is 2.46. The molecular weight excluding hydrogens is 260 g/mol. The number of benzene rings is 2. The highest BCUT2D eigenvalue weighted by atomic mass is 35.5. The maximum Gasteiger partial charge on any atom is 0.221 e. The third-order valence-electron chi connectivity index (χ3n) is 2.86. The predicted molar refractivity (Wildman–Crippen MR) is 75.5 cm³/mol. The zero-order chi connectivity index (χ0) is 13.7. The second kappa shape index (κ2) is 6.30. The lowest BCUT2D eigenvalue weighted by atomic mass is 10.0. The van der Waals surface area contributed by atoms with E-state index in [9.17, 15) is 9.59 Å². The summed E-state index contributed by atoms with van der Waals surface area (Å²) in [6.45, 7) is 0. The summed E-state index contributed by atoms with van der Waals surface area (Å²) >= 11 is 5.30. The number of carbonyl (C=O) groups is 2. The van der Waals surface area contributed by atoms with Crippen molar-refractivity contribution in [3.63, 3.8) is 0 Å².